The molecule has 310 valence electrons. The lowest BCUT2D eigenvalue weighted by Crippen LogP contribution is -2.60. The molecule has 0 unspecified atom stereocenters. The molecule has 1 saturated carbocycles. The minimum Gasteiger partial charge on any atom is -0.399 e. The van der Waals surface area contributed by atoms with Crippen molar-refractivity contribution >= 4 is 29.3 Å². The van der Waals surface area contributed by atoms with Crippen LogP contribution in [0.2, 0.25) is 0 Å². The summed E-state index contributed by atoms with van der Waals surface area (Å²) in [6.07, 6.45) is 4.95. The number of carbonyl (C=O) groups excluding carboxylic acids is 4. The highest BCUT2D eigenvalue weighted by molar-refractivity contribution is 5.90. The Morgan fingerprint density at radius 3 is 2.24 bits per heavy atom. The van der Waals surface area contributed by atoms with Gasteiger partial charge in [-0.1, -0.05) is 53.2 Å². The molecule has 2 heterocycles. The number of nitrogens with one attached hydrogen (secondary N) is 2. The van der Waals surface area contributed by atoms with Crippen molar-refractivity contribution < 1.29 is 33.4 Å². The van der Waals surface area contributed by atoms with E-state index >= 15 is 0 Å². The summed E-state index contributed by atoms with van der Waals surface area (Å²) in [5.74, 6) is -0.904. The van der Waals surface area contributed by atoms with Gasteiger partial charge in [0, 0.05) is 46.7 Å². The predicted molar refractivity (Wildman–Crippen MR) is 214 cm³/mol. The Bertz CT molecular complexity index is 1430. The van der Waals surface area contributed by atoms with Crippen LogP contribution in [0.4, 0.5) is 5.69 Å². The van der Waals surface area contributed by atoms with E-state index in [0.29, 0.717) is 43.6 Å². The largest absolute Gasteiger partial charge is 0.399 e. The number of piperidine rings is 1. The minimum absolute atomic E-state index is 0.00465. The molecule has 13 heteroatoms. The first-order valence-electron chi connectivity index (χ1n) is 20.4. The number of ether oxygens (including phenoxy) is 3. The van der Waals surface area contributed by atoms with Crippen LogP contribution in [-0.4, -0.2) is 135 Å². The molecule has 0 aromatic heterocycles. The van der Waals surface area contributed by atoms with Gasteiger partial charge in [0.15, 0.2) is 0 Å². The number of likely N-dealkylation sites (tertiary alicyclic amines) is 2. The topological polar surface area (TPSA) is 156 Å². The second-order valence-corrected chi connectivity index (χ2v) is 16.8. The van der Waals surface area contributed by atoms with Gasteiger partial charge in [0.05, 0.1) is 55.3 Å². The minimum atomic E-state index is -0.710. The molecular weight excluding hydrogens is 700 g/mol. The van der Waals surface area contributed by atoms with Crippen molar-refractivity contribution in [2.45, 2.75) is 134 Å². The molecule has 4 N–H and O–H groups in total. The van der Waals surface area contributed by atoms with Crippen molar-refractivity contribution in [3.63, 3.8) is 0 Å². The van der Waals surface area contributed by atoms with Crippen molar-refractivity contribution in [3.8, 4) is 0 Å². The van der Waals surface area contributed by atoms with E-state index in [4.69, 9.17) is 19.9 Å². The van der Waals surface area contributed by atoms with Gasteiger partial charge < -0.3 is 40.4 Å². The summed E-state index contributed by atoms with van der Waals surface area (Å²) in [5.41, 5.74) is 7.57. The maximum absolute atomic E-state index is 14.3. The van der Waals surface area contributed by atoms with E-state index < -0.39 is 30.2 Å². The molecule has 3 aliphatic rings. The number of fused-ring (bicyclic) bond motifs is 2. The molecular formula is C42H70N6O7. The third-order valence-corrected chi connectivity index (χ3v) is 12.8. The standard InChI is InChI=1S/C42H70N6O7/c1-11-26(4)37(47(7)42(52)36(25(2)3)45-41(51)38-29-16-19-32(22-29)46(38)6)34(54-9)23-35(49)48-20-12-13-33(48)39(55-10)27(5)40(50)44-31(24-53-8)21-28-14-17-30(43)18-15-28/h14-15,17-18,25-27,29,31-34,36-39H,11-13,16,19-24,43H2,1-10H3,(H,44,50)(H,45,51)/t26-,27+,29-,31-,32+,33-,34+,36-,37-,38-,39+/m0/s1. The highest BCUT2D eigenvalue weighted by Gasteiger charge is 2.48. The van der Waals surface area contributed by atoms with Crippen LogP contribution in [0.3, 0.4) is 0 Å². The Labute approximate surface area is 329 Å². The van der Waals surface area contributed by atoms with Crippen LogP contribution >= 0.6 is 0 Å². The summed E-state index contributed by atoms with van der Waals surface area (Å²) in [5, 5.41) is 6.29. The third kappa shape index (κ3) is 10.6. The van der Waals surface area contributed by atoms with Crippen LogP contribution in [0.1, 0.15) is 85.1 Å². The summed E-state index contributed by atoms with van der Waals surface area (Å²) in [6.45, 7) is 10.8. The number of amides is 4. The number of hydrogen-bond acceptors (Lipinski definition) is 9. The first-order chi connectivity index (χ1) is 26.2. The van der Waals surface area contributed by atoms with Crippen LogP contribution in [-0.2, 0) is 39.8 Å². The Morgan fingerprint density at radius 1 is 0.982 bits per heavy atom. The summed E-state index contributed by atoms with van der Waals surface area (Å²) in [6, 6.07) is 6.09. The fourth-order valence-electron chi connectivity index (χ4n) is 9.51. The lowest BCUT2D eigenvalue weighted by Gasteiger charge is -2.41. The van der Waals surface area contributed by atoms with E-state index in [0.717, 1.165) is 37.7 Å². The summed E-state index contributed by atoms with van der Waals surface area (Å²) in [4.78, 5) is 61.7. The van der Waals surface area contributed by atoms with Crippen LogP contribution < -0.4 is 16.4 Å². The molecule has 4 rings (SSSR count). The average Bonchev–Trinajstić information content (AvgIpc) is 3.91. The fourth-order valence-corrected chi connectivity index (χ4v) is 9.51. The van der Waals surface area contributed by atoms with Gasteiger partial charge in [0.1, 0.15) is 6.04 Å². The Kier molecular flexibility index (Phi) is 16.4. The Morgan fingerprint density at radius 2 is 1.67 bits per heavy atom. The van der Waals surface area contributed by atoms with E-state index in [9.17, 15) is 19.2 Å². The van der Waals surface area contributed by atoms with Crippen molar-refractivity contribution in [2.24, 2.45) is 23.7 Å². The molecule has 0 spiro atoms. The number of methoxy groups -OCH3 is 3. The van der Waals surface area contributed by atoms with Gasteiger partial charge in [-0.2, -0.15) is 0 Å². The van der Waals surface area contributed by atoms with Crippen molar-refractivity contribution in [3.05, 3.63) is 29.8 Å². The molecule has 13 nitrogen and oxygen atoms in total. The third-order valence-electron chi connectivity index (χ3n) is 12.8. The van der Waals surface area contributed by atoms with Gasteiger partial charge in [-0.3, -0.25) is 24.1 Å². The zero-order valence-corrected chi connectivity index (χ0v) is 35.1. The molecule has 3 fully saturated rings. The molecule has 2 bridgehead atoms. The van der Waals surface area contributed by atoms with Crippen LogP contribution in [0.15, 0.2) is 24.3 Å². The van der Waals surface area contributed by atoms with Gasteiger partial charge in [-0.05, 0) is 81.0 Å². The van der Waals surface area contributed by atoms with Gasteiger partial charge in [0.25, 0.3) is 0 Å². The summed E-state index contributed by atoms with van der Waals surface area (Å²) >= 11 is 0. The number of carbonyl (C=O) groups is 4. The normalized spacial score (nSPS) is 24.9. The number of anilines is 1. The number of hydrogen-bond donors (Lipinski definition) is 3. The van der Waals surface area contributed by atoms with E-state index in [1.165, 1.54) is 0 Å². The number of rotatable bonds is 20. The maximum atomic E-state index is 14.3. The molecule has 1 aliphatic carbocycles. The monoisotopic (exact) mass is 771 g/mol. The molecule has 11 atom stereocenters. The molecule has 0 radical (unpaired) electrons. The fraction of sp³-hybridized carbons (Fsp3) is 0.762. The molecule has 4 amide bonds. The number of nitrogens with two attached hydrogens (primary N) is 1. The van der Waals surface area contributed by atoms with Gasteiger partial charge in [-0.15, -0.1) is 0 Å². The number of benzene rings is 1. The van der Waals surface area contributed by atoms with Gasteiger partial charge in [-0.25, -0.2) is 0 Å². The zero-order valence-electron chi connectivity index (χ0n) is 35.1. The quantitative estimate of drug-likeness (QED) is 0.169. The number of likely N-dealkylation sites (N-methyl/N-ethyl adjacent to an activating group) is 2. The molecule has 2 saturated heterocycles. The molecule has 55 heavy (non-hydrogen) atoms. The first-order valence-corrected chi connectivity index (χ1v) is 20.4. The molecule has 1 aromatic carbocycles. The average molecular weight is 771 g/mol. The summed E-state index contributed by atoms with van der Waals surface area (Å²) < 4.78 is 17.5. The van der Waals surface area contributed by atoms with E-state index in [-0.39, 0.29) is 60.0 Å². The van der Waals surface area contributed by atoms with Crippen LogP contribution in [0, 0.1) is 23.7 Å². The molecule has 1 aromatic rings. The van der Waals surface area contributed by atoms with Crippen molar-refractivity contribution in [1.29, 1.82) is 0 Å². The zero-order chi connectivity index (χ0) is 40.6. The Balaban J connectivity index is 1.45. The van der Waals surface area contributed by atoms with Crippen LogP contribution in [0.25, 0.3) is 0 Å². The highest BCUT2D eigenvalue weighted by atomic mass is 16.5. The van der Waals surface area contributed by atoms with E-state index in [1.54, 1.807) is 33.3 Å². The predicted octanol–water partition coefficient (Wildman–Crippen LogP) is 3.49. The van der Waals surface area contributed by atoms with E-state index in [1.807, 2.05) is 57.0 Å². The van der Waals surface area contributed by atoms with E-state index in [2.05, 4.69) is 29.4 Å². The van der Waals surface area contributed by atoms with Crippen molar-refractivity contribution in [2.75, 3.05) is 54.3 Å². The smallest absolute Gasteiger partial charge is 0.245 e. The second-order valence-electron chi connectivity index (χ2n) is 16.8. The van der Waals surface area contributed by atoms with Gasteiger partial charge in [0.2, 0.25) is 23.6 Å². The highest BCUT2D eigenvalue weighted by Crippen LogP contribution is 2.41. The number of nitrogen functional groups attached to an aromatic ring is 1. The van der Waals surface area contributed by atoms with Crippen LogP contribution in [0.5, 0.6) is 0 Å². The second kappa shape index (κ2) is 20.2. The summed E-state index contributed by atoms with van der Waals surface area (Å²) in [7, 11) is 8.57. The Hall–Kier alpha value is -3.26. The number of nitrogens with zero attached hydrogens (tertiary/aromatic N) is 3. The lowest BCUT2D eigenvalue weighted by atomic mass is 9.89. The van der Waals surface area contributed by atoms with Crippen molar-refractivity contribution in [1.82, 2.24) is 25.3 Å². The van der Waals surface area contributed by atoms with Gasteiger partial charge >= 0.3 is 0 Å². The maximum Gasteiger partial charge on any atom is 0.245 e. The first kappa shape index (κ1) is 44.5. The molecule has 2 aliphatic heterocycles. The lowest BCUT2D eigenvalue weighted by molar-refractivity contribution is -0.148. The SMILES string of the molecule is CC[C@H](C)[C@@H]([C@@H](CC(=O)N1CCC[C@H]1[C@H](OC)[C@@H](C)C(=O)N[C@H](COC)Cc1ccc(N)cc1)OC)N(C)C(=O)[C@@H](NC(=O)[C@@H]1[C@H]2CC[C@H](C2)N1C)C(C)C.